The molecular formula is C18H29ClN4O3S. The summed E-state index contributed by atoms with van der Waals surface area (Å²) < 4.78 is 30.4. The molecule has 2 N–H and O–H groups in total. The van der Waals surface area contributed by atoms with E-state index in [0.29, 0.717) is 30.6 Å². The van der Waals surface area contributed by atoms with Gasteiger partial charge in [0, 0.05) is 30.7 Å². The fourth-order valence-corrected chi connectivity index (χ4v) is 4.58. The topological polar surface area (TPSA) is 83.0 Å². The fourth-order valence-electron chi connectivity index (χ4n) is 3.14. The molecule has 0 radical (unpaired) electrons. The summed E-state index contributed by atoms with van der Waals surface area (Å²) in [5.41, 5.74) is 1.03. The second-order valence-corrected chi connectivity index (χ2v) is 8.87. The number of sulfonamides is 1. The predicted molar refractivity (Wildman–Crippen MR) is 110 cm³/mol. The van der Waals surface area contributed by atoms with E-state index in [4.69, 9.17) is 16.3 Å². The number of methoxy groups -OCH3 is 1. The van der Waals surface area contributed by atoms with Crippen LogP contribution in [0.15, 0.2) is 23.2 Å². The molecule has 0 amide bonds. The maximum atomic E-state index is 11.8. The van der Waals surface area contributed by atoms with Crippen molar-refractivity contribution in [3.05, 3.63) is 28.8 Å². The molecule has 0 saturated carbocycles. The van der Waals surface area contributed by atoms with Crippen LogP contribution in [0.2, 0.25) is 5.02 Å². The van der Waals surface area contributed by atoms with E-state index in [1.54, 1.807) is 17.5 Å². The summed E-state index contributed by atoms with van der Waals surface area (Å²) in [4.78, 5) is 4.58. The van der Waals surface area contributed by atoms with Crippen LogP contribution in [0.4, 0.5) is 0 Å². The van der Waals surface area contributed by atoms with Crippen molar-refractivity contribution in [2.75, 3.05) is 39.5 Å². The average molecular weight is 417 g/mol. The van der Waals surface area contributed by atoms with Gasteiger partial charge in [-0.1, -0.05) is 17.7 Å². The minimum Gasteiger partial charge on any atom is -0.497 e. The van der Waals surface area contributed by atoms with Crippen molar-refractivity contribution in [1.82, 2.24) is 14.9 Å². The number of ether oxygens (including phenoxy) is 1. The molecule has 1 saturated heterocycles. The quantitative estimate of drug-likeness (QED) is 0.499. The van der Waals surface area contributed by atoms with Gasteiger partial charge in [0.2, 0.25) is 10.0 Å². The van der Waals surface area contributed by atoms with Gasteiger partial charge in [-0.2, -0.15) is 4.31 Å². The molecule has 0 unspecified atom stereocenters. The molecule has 1 heterocycles. The normalized spacial score (nSPS) is 18.5. The van der Waals surface area contributed by atoms with Crippen LogP contribution >= 0.6 is 11.6 Å². The second-order valence-electron chi connectivity index (χ2n) is 6.52. The summed E-state index contributed by atoms with van der Waals surface area (Å²) in [5, 5.41) is 7.15. The maximum absolute atomic E-state index is 11.8. The number of hydrogen-bond acceptors (Lipinski definition) is 4. The summed E-state index contributed by atoms with van der Waals surface area (Å²) in [6.45, 7) is 4.43. The van der Waals surface area contributed by atoms with Gasteiger partial charge < -0.3 is 15.4 Å². The minimum atomic E-state index is -3.18. The predicted octanol–water partition coefficient (Wildman–Crippen LogP) is 1.87. The molecule has 1 aliphatic rings. The fraction of sp³-hybridized carbons (Fsp3) is 0.611. The van der Waals surface area contributed by atoms with Crippen LogP contribution in [-0.2, 0) is 16.4 Å². The van der Waals surface area contributed by atoms with Crippen molar-refractivity contribution < 1.29 is 13.2 Å². The van der Waals surface area contributed by atoms with Crippen LogP contribution in [0.1, 0.15) is 25.3 Å². The summed E-state index contributed by atoms with van der Waals surface area (Å²) in [6.07, 6.45) is 3.73. The molecule has 7 nitrogen and oxygen atoms in total. The smallest absolute Gasteiger partial charge is 0.211 e. The highest BCUT2D eigenvalue weighted by Crippen LogP contribution is 2.22. The van der Waals surface area contributed by atoms with Gasteiger partial charge in [-0.15, -0.1) is 0 Å². The lowest BCUT2D eigenvalue weighted by molar-refractivity contribution is 0.396. The zero-order chi connectivity index (χ0) is 19.9. The highest BCUT2D eigenvalue weighted by molar-refractivity contribution is 7.88. The van der Waals surface area contributed by atoms with Crippen LogP contribution in [0.25, 0.3) is 0 Å². The average Bonchev–Trinajstić information content (AvgIpc) is 3.10. The number of nitrogens with zero attached hydrogens (tertiary/aromatic N) is 2. The first-order valence-corrected chi connectivity index (χ1v) is 11.4. The highest BCUT2D eigenvalue weighted by atomic mass is 35.5. The molecule has 152 valence electrons. The molecule has 1 aliphatic heterocycles. The molecule has 1 atom stereocenters. The van der Waals surface area contributed by atoms with Crippen LogP contribution < -0.4 is 15.4 Å². The van der Waals surface area contributed by atoms with Gasteiger partial charge in [-0.25, -0.2) is 8.42 Å². The molecule has 1 fully saturated rings. The van der Waals surface area contributed by atoms with Gasteiger partial charge in [-0.05, 0) is 43.9 Å². The Morgan fingerprint density at radius 2 is 2.19 bits per heavy atom. The molecule has 0 aliphatic carbocycles. The first-order valence-electron chi connectivity index (χ1n) is 9.16. The van der Waals surface area contributed by atoms with Crippen molar-refractivity contribution in [3.63, 3.8) is 0 Å². The Balaban J connectivity index is 1.92. The van der Waals surface area contributed by atoms with Gasteiger partial charge in [0.1, 0.15) is 5.75 Å². The Hall–Kier alpha value is -1.51. The molecule has 0 bridgehead atoms. The van der Waals surface area contributed by atoms with E-state index in [9.17, 15) is 8.42 Å². The SMILES string of the molecule is CCNC(=NC[C@H]1CCCN1S(C)(=O)=O)NCCc1ccc(OC)cc1Cl. The number of nitrogens with one attached hydrogen (secondary N) is 2. The second kappa shape index (κ2) is 10.1. The number of halogens is 1. The number of hydrogen-bond donors (Lipinski definition) is 2. The highest BCUT2D eigenvalue weighted by Gasteiger charge is 2.31. The monoisotopic (exact) mass is 416 g/mol. The Kier molecular flexibility index (Phi) is 8.19. The van der Waals surface area contributed by atoms with Crippen molar-refractivity contribution >= 4 is 27.6 Å². The molecule has 1 aromatic rings. The van der Waals surface area contributed by atoms with E-state index in [1.165, 1.54) is 6.26 Å². The summed E-state index contributed by atoms with van der Waals surface area (Å²) in [6, 6.07) is 5.58. The lowest BCUT2D eigenvalue weighted by Crippen LogP contribution is -2.41. The summed E-state index contributed by atoms with van der Waals surface area (Å²) >= 11 is 6.27. The number of rotatable bonds is 8. The Bertz CT molecular complexity index is 755. The molecular weight excluding hydrogens is 388 g/mol. The maximum Gasteiger partial charge on any atom is 0.211 e. The molecule has 27 heavy (non-hydrogen) atoms. The van der Waals surface area contributed by atoms with Gasteiger partial charge in [-0.3, -0.25) is 4.99 Å². The van der Waals surface area contributed by atoms with E-state index < -0.39 is 10.0 Å². The third-order valence-corrected chi connectivity index (χ3v) is 6.19. The zero-order valence-electron chi connectivity index (χ0n) is 16.2. The van der Waals surface area contributed by atoms with E-state index in [-0.39, 0.29) is 6.04 Å². The lowest BCUT2D eigenvalue weighted by atomic mass is 10.1. The largest absolute Gasteiger partial charge is 0.497 e. The zero-order valence-corrected chi connectivity index (χ0v) is 17.7. The van der Waals surface area contributed by atoms with Crippen LogP contribution in [0, 0.1) is 0 Å². The number of guanidine groups is 1. The Labute approximate surface area is 167 Å². The standard InChI is InChI=1S/C18H29ClN4O3S/c1-4-20-18(22-13-15-6-5-11-23(15)27(3,24)25)21-10-9-14-7-8-16(26-2)12-17(14)19/h7-8,12,15H,4-6,9-11,13H2,1-3H3,(H2,20,21,22)/t15-/m1/s1. The van der Waals surface area contributed by atoms with Crippen molar-refractivity contribution in [3.8, 4) is 5.75 Å². The first-order chi connectivity index (χ1) is 12.8. The minimum absolute atomic E-state index is 0.0634. The third-order valence-electron chi connectivity index (χ3n) is 4.50. The summed E-state index contributed by atoms with van der Waals surface area (Å²) in [7, 11) is -1.56. The summed E-state index contributed by atoms with van der Waals surface area (Å²) in [5.74, 6) is 1.42. The molecule has 0 spiro atoms. The van der Waals surface area contributed by atoms with E-state index in [2.05, 4.69) is 15.6 Å². The van der Waals surface area contributed by atoms with Crippen LogP contribution in [-0.4, -0.2) is 64.3 Å². The molecule has 1 aromatic carbocycles. The van der Waals surface area contributed by atoms with Gasteiger partial charge in [0.05, 0.1) is 19.9 Å². The Morgan fingerprint density at radius 1 is 1.41 bits per heavy atom. The first kappa shape index (κ1) is 21.8. The lowest BCUT2D eigenvalue weighted by Gasteiger charge is -2.21. The van der Waals surface area contributed by atoms with Gasteiger partial charge >= 0.3 is 0 Å². The van der Waals surface area contributed by atoms with Crippen molar-refractivity contribution in [2.24, 2.45) is 4.99 Å². The number of benzene rings is 1. The molecule has 0 aromatic heterocycles. The van der Waals surface area contributed by atoms with E-state index in [1.807, 2.05) is 19.1 Å². The van der Waals surface area contributed by atoms with Gasteiger partial charge in [0.15, 0.2) is 5.96 Å². The van der Waals surface area contributed by atoms with Gasteiger partial charge in [0.25, 0.3) is 0 Å². The van der Waals surface area contributed by atoms with Crippen LogP contribution in [0.3, 0.4) is 0 Å². The molecule has 9 heteroatoms. The van der Waals surface area contributed by atoms with Crippen LogP contribution in [0.5, 0.6) is 5.75 Å². The van der Waals surface area contributed by atoms with E-state index in [0.717, 1.165) is 37.1 Å². The number of aliphatic imine (C=N–C) groups is 1. The van der Waals surface area contributed by atoms with Crippen molar-refractivity contribution in [1.29, 1.82) is 0 Å². The van der Waals surface area contributed by atoms with E-state index >= 15 is 0 Å². The Morgan fingerprint density at radius 3 is 2.81 bits per heavy atom. The van der Waals surface area contributed by atoms with Crippen molar-refractivity contribution in [2.45, 2.75) is 32.2 Å². The third kappa shape index (κ3) is 6.55. The molecule has 2 rings (SSSR count).